The van der Waals surface area contributed by atoms with Gasteiger partial charge in [0, 0.05) is 54.2 Å². The lowest BCUT2D eigenvalue weighted by molar-refractivity contribution is 0.254. The monoisotopic (exact) mass is 319 g/mol. The van der Waals surface area contributed by atoms with Gasteiger partial charge >= 0.3 is 0 Å². The van der Waals surface area contributed by atoms with Crippen molar-refractivity contribution < 1.29 is 4.21 Å². The third-order valence-electron chi connectivity index (χ3n) is 3.73. The quantitative estimate of drug-likeness (QED) is 0.847. The van der Waals surface area contributed by atoms with Gasteiger partial charge in [0.2, 0.25) is 0 Å². The molecule has 3 rings (SSSR count). The van der Waals surface area contributed by atoms with Gasteiger partial charge in [0.15, 0.2) is 5.65 Å². The predicted molar refractivity (Wildman–Crippen MR) is 82.8 cm³/mol. The maximum absolute atomic E-state index is 12.1. The lowest BCUT2D eigenvalue weighted by atomic mass is 10.2. The van der Waals surface area contributed by atoms with E-state index in [1.54, 1.807) is 0 Å². The number of nitrogens with zero attached hydrogens (tertiary/aromatic N) is 4. The summed E-state index contributed by atoms with van der Waals surface area (Å²) >= 11 is 0. The van der Waals surface area contributed by atoms with Crippen LogP contribution in [0.4, 0.5) is 0 Å². The van der Waals surface area contributed by atoms with Crippen molar-refractivity contribution in [2.45, 2.75) is 13.5 Å². The van der Waals surface area contributed by atoms with Gasteiger partial charge in [0.25, 0.3) is 5.56 Å². The highest BCUT2D eigenvalue weighted by atomic mass is 32.2. The molecule has 2 aromatic heterocycles. The number of nitrogens with one attached hydrogen (secondary N) is 1. The van der Waals surface area contributed by atoms with Gasteiger partial charge in [0.1, 0.15) is 11.6 Å². The molecule has 0 aliphatic carbocycles. The summed E-state index contributed by atoms with van der Waals surface area (Å²) in [5.74, 6) is 1.73. The molecule has 0 spiro atoms. The second-order valence-corrected chi connectivity index (χ2v) is 7.32. The van der Waals surface area contributed by atoms with Crippen LogP contribution in [-0.4, -0.2) is 48.3 Å². The molecule has 1 aliphatic rings. The van der Waals surface area contributed by atoms with Crippen LogP contribution in [0.5, 0.6) is 0 Å². The van der Waals surface area contributed by atoms with Gasteiger partial charge in [-0.05, 0) is 5.92 Å². The number of aromatic amines is 1. The van der Waals surface area contributed by atoms with Crippen molar-refractivity contribution in [3.8, 4) is 6.07 Å². The second-order valence-electron chi connectivity index (χ2n) is 5.69. The van der Waals surface area contributed by atoms with Gasteiger partial charge in [0.05, 0.1) is 5.69 Å². The van der Waals surface area contributed by atoms with E-state index in [-0.39, 0.29) is 5.56 Å². The van der Waals surface area contributed by atoms with Gasteiger partial charge in [-0.25, -0.2) is 9.50 Å². The van der Waals surface area contributed by atoms with Crippen LogP contribution in [0.25, 0.3) is 5.65 Å². The highest BCUT2D eigenvalue weighted by molar-refractivity contribution is 7.85. The Balaban J connectivity index is 1.89. The number of aromatic nitrogens is 3. The third kappa shape index (κ3) is 2.96. The Kier molecular flexibility index (Phi) is 4.09. The van der Waals surface area contributed by atoms with Crippen molar-refractivity contribution >= 4 is 16.4 Å². The second kappa shape index (κ2) is 6.02. The summed E-state index contributed by atoms with van der Waals surface area (Å²) in [6.07, 6.45) is 1.48. The van der Waals surface area contributed by atoms with E-state index < -0.39 is 10.8 Å². The van der Waals surface area contributed by atoms with E-state index in [2.05, 4.69) is 21.9 Å². The average molecular weight is 319 g/mol. The number of hydrogen-bond acceptors (Lipinski definition) is 5. The molecular formula is C14H17N5O2S. The van der Waals surface area contributed by atoms with Crippen LogP contribution >= 0.6 is 0 Å². The van der Waals surface area contributed by atoms with Crippen LogP contribution < -0.4 is 5.56 Å². The van der Waals surface area contributed by atoms with E-state index in [4.69, 9.17) is 5.26 Å². The fraction of sp³-hybridized carbons (Fsp3) is 0.500. The number of hydrogen-bond donors (Lipinski definition) is 1. The van der Waals surface area contributed by atoms with Crippen molar-refractivity contribution in [1.82, 2.24) is 19.5 Å². The molecule has 0 saturated carbocycles. The minimum atomic E-state index is -0.768. The SMILES string of the molecule is CC1CN(Cc2cc(=O)n3[nH]cc(C#N)c3n2)CCS(=O)C1. The fourth-order valence-corrected chi connectivity index (χ4v) is 4.15. The lowest BCUT2D eigenvalue weighted by Crippen LogP contribution is -2.30. The first-order valence-corrected chi connectivity index (χ1v) is 8.63. The minimum Gasteiger partial charge on any atom is -0.296 e. The molecule has 8 heteroatoms. The highest BCUT2D eigenvalue weighted by Gasteiger charge is 2.20. The van der Waals surface area contributed by atoms with E-state index in [1.807, 2.05) is 6.07 Å². The van der Waals surface area contributed by atoms with Crippen LogP contribution in [0.3, 0.4) is 0 Å². The zero-order valence-electron chi connectivity index (χ0n) is 12.3. The smallest absolute Gasteiger partial charge is 0.272 e. The van der Waals surface area contributed by atoms with Crippen molar-refractivity contribution in [2.75, 3.05) is 24.6 Å². The predicted octanol–water partition coefficient (Wildman–Crippen LogP) is 0.0947. The summed E-state index contributed by atoms with van der Waals surface area (Å²) in [5.41, 5.74) is 1.12. The molecule has 116 valence electrons. The average Bonchev–Trinajstić information content (AvgIpc) is 2.80. The first-order valence-electron chi connectivity index (χ1n) is 7.14. The molecule has 1 N–H and O–H groups in total. The number of fused-ring (bicyclic) bond motifs is 1. The van der Waals surface area contributed by atoms with E-state index in [0.717, 1.165) is 18.8 Å². The van der Waals surface area contributed by atoms with Crippen molar-refractivity contribution in [1.29, 1.82) is 5.26 Å². The summed E-state index contributed by atoms with van der Waals surface area (Å²) in [6.45, 7) is 4.19. The molecular weight excluding hydrogens is 302 g/mol. The summed E-state index contributed by atoms with van der Waals surface area (Å²) < 4.78 is 13.0. The normalized spacial score (nSPS) is 23.3. The molecule has 1 fully saturated rings. The van der Waals surface area contributed by atoms with Crippen LogP contribution in [0, 0.1) is 17.2 Å². The maximum atomic E-state index is 12.1. The Labute approximate surface area is 130 Å². The maximum Gasteiger partial charge on any atom is 0.272 e. The molecule has 2 unspecified atom stereocenters. The fourth-order valence-electron chi connectivity index (χ4n) is 2.78. The standard InChI is InChI=1S/C14H17N5O2S/c1-10-7-18(2-3-22(21)9-10)8-12-4-13(20)19-14(17-12)11(5-15)6-16-19/h4,6,10,16H,2-3,7-9H2,1H3. The van der Waals surface area contributed by atoms with Crippen molar-refractivity contribution in [2.24, 2.45) is 5.92 Å². The van der Waals surface area contributed by atoms with Crippen LogP contribution in [0.1, 0.15) is 18.2 Å². The van der Waals surface area contributed by atoms with Gasteiger partial charge in [-0.1, -0.05) is 6.92 Å². The Morgan fingerprint density at radius 1 is 1.59 bits per heavy atom. The Morgan fingerprint density at radius 2 is 2.41 bits per heavy atom. The molecule has 3 heterocycles. The molecule has 2 aromatic rings. The summed E-state index contributed by atoms with van der Waals surface area (Å²) in [5, 5.41) is 11.8. The molecule has 1 saturated heterocycles. The molecule has 0 aromatic carbocycles. The van der Waals surface area contributed by atoms with Crippen molar-refractivity contribution in [3.05, 3.63) is 33.9 Å². The molecule has 0 bridgehead atoms. The zero-order chi connectivity index (χ0) is 15.7. The van der Waals surface area contributed by atoms with Gasteiger partial charge < -0.3 is 0 Å². The first-order chi connectivity index (χ1) is 10.6. The van der Waals surface area contributed by atoms with Gasteiger partial charge in [-0.2, -0.15) is 5.26 Å². The molecule has 2 atom stereocenters. The largest absolute Gasteiger partial charge is 0.296 e. The lowest BCUT2D eigenvalue weighted by Gasteiger charge is -2.21. The van der Waals surface area contributed by atoms with Crippen LogP contribution in [0.15, 0.2) is 17.1 Å². The summed E-state index contributed by atoms with van der Waals surface area (Å²) in [7, 11) is -0.768. The summed E-state index contributed by atoms with van der Waals surface area (Å²) in [4.78, 5) is 18.7. The van der Waals surface area contributed by atoms with E-state index >= 15 is 0 Å². The molecule has 22 heavy (non-hydrogen) atoms. The summed E-state index contributed by atoms with van der Waals surface area (Å²) in [6, 6.07) is 3.51. The molecule has 0 radical (unpaired) electrons. The van der Waals surface area contributed by atoms with Crippen LogP contribution in [-0.2, 0) is 17.3 Å². The topological polar surface area (TPSA) is 94.3 Å². The highest BCUT2D eigenvalue weighted by Crippen LogP contribution is 2.12. The number of H-pyrrole nitrogens is 1. The third-order valence-corrected chi connectivity index (χ3v) is 5.31. The van der Waals surface area contributed by atoms with E-state index in [1.165, 1.54) is 16.8 Å². The molecule has 7 nitrogen and oxygen atoms in total. The van der Waals surface area contributed by atoms with Crippen molar-refractivity contribution in [3.63, 3.8) is 0 Å². The Hall–Kier alpha value is -1.98. The Bertz CT molecular complexity index is 819. The molecule has 0 amide bonds. The minimum absolute atomic E-state index is 0.229. The number of nitriles is 1. The first kappa shape index (κ1) is 14.9. The van der Waals surface area contributed by atoms with Gasteiger partial charge in [-0.3, -0.25) is 19.0 Å². The van der Waals surface area contributed by atoms with Crippen LogP contribution in [0.2, 0.25) is 0 Å². The van der Waals surface area contributed by atoms with Gasteiger partial charge in [-0.15, -0.1) is 0 Å². The Morgan fingerprint density at radius 3 is 3.18 bits per heavy atom. The zero-order valence-corrected chi connectivity index (χ0v) is 13.1. The van der Waals surface area contributed by atoms with E-state index in [9.17, 15) is 9.00 Å². The number of rotatable bonds is 2. The molecule has 1 aliphatic heterocycles. The van der Waals surface area contributed by atoms with E-state index in [0.29, 0.717) is 35.1 Å².